The first kappa shape index (κ1) is 22.1. The number of rotatable bonds is 8. The Balaban J connectivity index is 1.75. The molecule has 1 amide bonds. The van der Waals surface area contributed by atoms with Gasteiger partial charge in [-0.1, -0.05) is 36.4 Å². The smallest absolute Gasteiger partial charge is 0.410 e. The van der Waals surface area contributed by atoms with Crippen molar-refractivity contribution in [2.45, 2.75) is 64.9 Å². The molecule has 1 heterocycles. The zero-order valence-electron chi connectivity index (χ0n) is 17.2. The van der Waals surface area contributed by atoms with Gasteiger partial charge in [-0.3, -0.25) is 4.79 Å². The van der Waals surface area contributed by atoms with Gasteiger partial charge in [-0.05, 0) is 52.2 Å². The molecule has 0 saturated carbocycles. The molecule has 1 aliphatic rings. The van der Waals surface area contributed by atoms with Crippen LogP contribution in [0.3, 0.4) is 0 Å². The number of benzene rings is 1. The van der Waals surface area contributed by atoms with E-state index in [4.69, 9.17) is 14.2 Å². The average Bonchev–Trinajstić information content (AvgIpc) is 3.11. The van der Waals surface area contributed by atoms with Crippen LogP contribution in [0.2, 0.25) is 0 Å². The molecule has 2 atom stereocenters. The third-order valence-electron chi connectivity index (χ3n) is 4.32. The van der Waals surface area contributed by atoms with Gasteiger partial charge in [0.05, 0.1) is 12.6 Å². The van der Waals surface area contributed by atoms with Crippen LogP contribution in [0.5, 0.6) is 0 Å². The van der Waals surface area contributed by atoms with Gasteiger partial charge < -0.3 is 19.1 Å². The molecule has 0 bridgehead atoms. The van der Waals surface area contributed by atoms with Crippen LogP contribution in [-0.2, 0) is 25.6 Å². The van der Waals surface area contributed by atoms with Gasteiger partial charge in [0.2, 0.25) is 0 Å². The lowest BCUT2D eigenvalue weighted by atomic mass is 10.1. The molecule has 1 aromatic carbocycles. The predicted octanol–water partition coefficient (Wildman–Crippen LogP) is 4.09. The van der Waals surface area contributed by atoms with E-state index in [1.54, 1.807) is 17.9 Å². The first-order valence-corrected chi connectivity index (χ1v) is 9.71. The summed E-state index contributed by atoms with van der Waals surface area (Å²) in [6.45, 7) is 8.33. The van der Waals surface area contributed by atoms with E-state index in [2.05, 4.69) is 0 Å². The largest absolute Gasteiger partial charge is 0.444 e. The van der Waals surface area contributed by atoms with Crippen molar-refractivity contribution in [1.29, 1.82) is 0 Å². The second-order valence-electron chi connectivity index (χ2n) is 7.91. The number of hydrogen-bond acceptors (Lipinski definition) is 5. The minimum atomic E-state index is -0.608. The molecule has 1 saturated heterocycles. The molecule has 0 unspecified atom stereocenters. The Kier molecular flexibility index (Phi) is 8.20. The van der Waals surface area contributed by atoms with Gasteiger partial charge in [0.25, 0.3) is 0 Å². The normalized spacial score (nSPS) is 18.4. The van der Waals surface area contributed by atoms with Crippen molar-refractivity contribution in [3.05, 3.63) is 48.0 Å². The molecule has 0 N–H and O–H groups in total. The predicted molar refractivity (Wildman–Crippen MR) is 107 cm³/mol. The van der Waals surface area contributed by atoms with Crippen molar-refractivity contribution in [3.63, 3.8) is 0 Å². The molecular weight excluding hydrogens is 358 g/mol. The van der Waals surface area contributed by atoms with Crippen LogP contribution >= 0.6 is 0 Å². The van der Waals surface area contributed by atoms with Crippen molar-refractivity contribution in [2.75, 3.05) is 13.3 Å². The van der Waals surface area contributed by atoms with E-state index in [0.717, 1.165) is 18.4 Å². The zero-order valence-corrected chi connectivity index (χ0v) is 17.2. The molecule has 0 radical (unpaired) electrons. The molecular formula is C22H31NO5. The first-order valence-electron chi connectivity index (χ1n) is 9.71. The summed E-state index contributed by atoms with van der Waals surface area (Å²) >= 11 is 0. The Morgan fingerprint density at radius 2 is 1.96 bits per heavy atom. The maximum absolute atomic E-state index is 12.3. The van der Waals surface area contributed by atoms with Crippen molar-refractivity contribution in [3.8, 4) is 0 Å². The van der Waals surface area contributed by atoms with Crippen LogP contribution in [0.25, 0.3) is 0 Å². The Bertz CT molecular complexity index is 665. The highest BCUT2D eigenvalue weighted by molar-refractivity contribution is 5.93. The molecule has 0 spiro atoms. The fourth-order valence-electron chi connectivity index (χ4n) is 2.85. The SMILES string of the molecule is C[C@H](OCOCc1ccccc1)C(=O)/C=C/[C@@H]1CCCN1C(=O)OC(C)(C)C. The molecule has 1 fully saturated rings. The van der Waals surface area contributed by atoms with Gasteiger partial charge in [-0.2, -0.15) is 0 Å². The Morgan fingerprint density at radius 3 is 2.64 bits per heavy atom. The number of likely N-dealkylation sites (tertiary alicyclic amines) is 1. The van der Waals surface area contributed by atoms with E-state index in [1.165, 1.54) is 6.08 Å². The highest BCUT2D eigenvalue weighted by Crippen LogP contribution is 2.21. The molecule has 28 heavy (non-hydrogen) atoms. The van der Waals surface area contributed by atoms with E-state index >= 15 is 0 Å². The standard InChI is InChI=1S/C22H31NO5/c1-17(27-16-26-15-18-9-6-5-7-10-18)20(24)13-12-19-11-8-14-23(19)21(25)28-22(2,3)4/h5-7,9-10,12-13,17,19H,8,11,14-16H2,1-4H3/b13-12+/t17-,19-/m0/s1. The van der Waals surface area contributed by atoms with Crippen molar-refractivity contribution in [2.24, 2.45) is 0 Å². The van der Waals surface area contributed by atoms with Crippen LogP contribution in [0.15, 0.2) is 42.5 Å². The highest BCUT2D eigenvalue weighted by Gasteiger charge is 2.30. The molecule has 2 rings (SSSR count). The highest BCUT2D eigenvalue weighted by atomic mass is 16.7. The Hall–Kier alpha value is -2.18. The fraction of sp³-hybridized carbons (Fsp3) is 0.545. The number of carbonyl (C=O) groups is 2. The van der Waals surface area contributed by atoms with Crippen LogP contribution in [0, 0.1) is 0 Å². The third-order valence-corrected chi connectivity index (χ3v) is 4.32. The maximum Gasteiger partial charge on any atom is 0.410 e. The van der Waals surface area contributed by atoms with E-state index < -0.39 is 11.7 Å². The monoisotopic (exact) mass is 389 g/mol. The summed E-state index contributed by atoms with van der Waals surface area (Å²) in [5.41, 5.74) is 0.514. The van der Waals surface area contributed by atoms with Gasteiger partial charge in [-0.25, -0.2) is 4.79 Å². The molecule has 1 aliphatic heterocycles. The molecule has 6 heteroatoms. The minimum Gasteiger partial charge on any atom is -0.444 e. The number of ketones is 1. The Labute approximate surface area is 167 Å². The van der Waals surface area contributed by atoms with Gasteiger partial charge in [0.1, 0.15) is 18.5 Å². The van der Waals surface area contributed by atoms with Crippen molar-refractivity contribution >= 4 is 11.9 Å². The van der Waals surface area contributed by atoms with Gasteiger partial charge >= 0.3 is 6.09 Å². The summed E-state index contributed by atoms with van der Waals surface area (Å²) in [6.07, 6.45) is 4.02. The van der Waals surface area contributed by atoms with E-state index in [-0.39, 0.29) is 24.7 Å². The van der Waals surface area contributed by atoms with Gasteiger partial charge in [0.15, 0.2) is 5.78 Å². The second kappa shape index (κ2) is 10.4. The number of nitrogens with zero attached hydrogens (tertiary/aromatic N) is 1. The number of amides is 1. The summed E-state index contributed by atoms with van der Waals surface area (Å²) in [7, 11) is 0. The van der Waals surface area contributed by atoms with Gasteiger partial charge in [0, 0.05) is 6.54 Å². The van der Waals surface area contributed by atoms with Crippen LogP contribution in [0.1, 0.15) is 46.1 Å². The summed E-state index contributed by atoms with van der Waals surface area (Å²) < 4.78 is 16.3. The van der Waals surface area contributed by atoms with Crippen molar-refractivity contribution in [1.82, 2.24) is 4.90 Å². The molecule has 6 nitrogen and oxygen atoms in total. The van der Waals surface area contributed by atoms with E-state index in [9.17, 15) is 9.59 Å². The lowest BCUT2D eigenvalue weighted by Crippen LogP contribution is -2.39. The molecule has 0 aliphatic carbocycles. The quantitative estimate of drug-likeness (QED) is 0.381. The summed E-state index contributed by atoms with van der Waals surface area (Å²) in [5, 5.41) is 0. The third kappa shape index (κ3) is 7.44. The molecule has 154 valence electrons. The van der Waals surface area contributed by atoms with Crippen LogP contribution < -0.4 is 0 Å². The summed E-state index contributed by atoms with van der Waals surface area (Å²) in [6, 6.07) is 9.65. The van der Waals surface area contributed by atoms with E-state index in [1.807, 2.05) is 51.1 Å². The summed E-state index contributed by atoms with van der Waals surface area (Å²) in [5.74, 6) is -0.153. The zero-order chi connectivity index (χ0) is 20.6. The average molecular weight is 389 g/mol. The lowest BCUT2D eigenvalue weighted by molar-refractivity contribution is -0.136. The maximum atomic E-state index is 12.3. The fourth-order valence-corrected chi connectivity index (χ4v) is 2.85. The molecule has 0 aromatic heterocycles. The number of ether oxygens (including phenoxy) is 3. The minimum absolute atomic E-state index is 0.0447. The Morgan fingerprint density at radius 1 is 1.25 bits per heavy atom. The topological polar surface area (TPSA) is 65.1 Å². The van der Waals surface area contributed by atoms with Gasteiger partial charge in [-0.15, -0.1) is 0 Å². The number of hydrogen-bond donors (Lipinski definition) is 0. The first-order chi connectivity index (χ1) is 13.3. The lowest BCUT2D eigenvalue weighted by Gasteiger charge is -2.27. The van der Waals surface area contributed by atoms with Crippen molar-refractivity contribution < 1.29 is 23.8 Å². The summed E-state index contributed by atoms with van der Waals surface area (Å²) in [4.78, 5) is 26.2. The number of carbonyl (C=O) groups excluding carboxylic acids is 2. The second-order valence-corrected chi connectivity index (χ2v) is 7.91. The molecule has 1 aromatic rings. The van der Waals surface area contributed by atoms with Crippen LogP contribution in [0.4, 0.5) is 4.79 Å². The van der Waals surface area contributed by atoms with E-state index in [0.29, 0.717) is 13.2 Å². The van der Waals surface area contributed by atoms with Crippen LogP contribution in [-0.4, -0.2) is 47.9 Å².